The van der Waals surface area contributed by atoms with Gasteiger partial charge in [0, 0.05) is 16.5 Å². The Kier molecular flexibility index (Phi) is 7.52. The zero-order valence-electron chi connectivity index (χ0n) is 12.0. The van der Waals surface area contributed by atoms with Crippen LogP contribution in [0.1, 0.15) is 49.9 Å². The van der Waals surface area contributed by atoms with Gasteiger partial charge in [0.25, 0.3) is 0 Å². The van der Waals surface area contributed by atoms with Crippen molar-refractivity contribution in [3.8, 4) is 0 Å². The zero-order valence-corrected chi connectivity index (χ0v) is 13.6. The van der Waals surface area contributed by atoms with Crippen molar-refractivity contribution in [1.82, 2.24) is 0 Å². The minimum Gasteiger partial charge on any atom is -0.457 e. The molecular formula is C16H21BrO3. The minimum atomic E-state index is -0.292. The molecule has 4 heteroatoms. The number of halogens is 1. The Balaban J connectivity index is 2.23. The molecule has 1 aromatic carbocycles. The van der Waals surface area contributed by atoms with Crippen LogP contribution in [0, 0.1) is 5.92 Å². The predicted molar refractivity (Wildman–Crippen MR) is 82.7 cm³/mol. The summed E-state index contributed by atoms with van der Waals surface area (Å²) in [5, 5.41) is 0. The van der Waals surface area contributed by atoms with E-state index in [0.29, 0.717) is 17.9 Å². The molecule has 0 fully saturated rings. The monoisotopic (exact) mass is 340 g/mol. The number of carbonyl (C=O) groups is 2. The summed E-state index contributed by atoms with van der Waals surface area (Å²) in [6.07, 6.45) is 3.35. The first kappa shape index (κ1) is 16.9. The molecule has 0 bridgehead atoms. The largest absolute Gasteiger partial charge is 0.457 e. The molecule has 0 radical (unpaired) electrons. The van der Waals surface area contributed by atoms with Crippen LogP contribution in [0.15, 0.2) is 28.7 Å². The molecule has 110 valence electrons. The fraction of sp³-hybridized carbons (Fsp3) is 0.500. The fourth-order valence-electron chi connectivity index (χ4n) is 1.76. The number of esters is 1. The van der Waals surface area contributed by atoms with Crippen molar-refractivity contribution in [1.29, 1.82) is 0 Å². The van der Waals surface area contributed by atoms with E-state index >= 15 is 0 Å². The molecule has 0 unspecified atom stereocenters. The second-order valence-electron chi connectivity index (χ2n) is 5.23. The number of rotatable bonds is 8. The average molecular weight is 341 g/mol. The first-order valence-corrected chi connectivity index (χ1v) is 7.72. The lowest BCUT2D eigenvalue weighted by Crippen LogP contribution is -2.13. The van der Waals surface area contributed by atoms with Gasteiger partial charge in [-0.05, 0) is 24.5 Å². The molecule has 1 rings (SSSR count). The Morgan fingerprint density at radius 2 is 1.80 bits per heavy atom. The predicted octanol–water partition coefficient (Wildman–Crippen LogP) is 4.39. The number of ketones is 1. The number of ether oxygens (including phenoxy) is 1. The summed E-state index contributed by atoms with van der Waals surface area (Å²) in [4.78, 5) is 23.3. The molecule has 0 heterocycles. The Morgan fingerprint density at radius 3 is 2.40 bits per heavy atom. The number of carbonyl (C=O) groups excluding carboxylic acids is 2. The molecular weight excluding hydrogens is 320 g/mol. The van der Waals surface area contributed by atoms with Crippen LogP contribution in [-0.2, 0) is 9.53 Å². The summed E-state index contributed by atoms with van der Waals surface area (Å²) < 4.78 is 5.91. The first-order chi connectivity index (χ1) is 9.49. The van der Waals surface area contributed by atoms with Gasteiger partial charge in [0.05, 0.1) is 0 Å². The second kappa shape index (κ2) is 8.90. The normalized spacial score (nSPS) is 10.6. The number of hydrogen-bond donors (Lipinski definition) is 0. The van der Waals surface area contributed by atoms with Gasteiger partial charge in [0.2, 0.25) is 0 Å². The smallest absolute Gasteiger partial charge is 0.306 e. The molecule has 0 atom stereocenters. The lowest BCUT2D eigenvalue weighted by Gasteiger charge is -2.06. The van der Waals surface area contributed by atoms with Crippen LogP contribution in [0.25, 0.3) is 0 Å². The van der Waals surface area contributed by atoms with Gasteiger partial charge in [0.1, 0.15) is 0 Å². The zero-order chi connectivity index (χ0) is 15.0. The van der Waals surface area contributed by atoms with Crippen LogP contribution in [-0.4, -0.2) is 18.4 Å². The standard InChI is InChI=1S/C16H21BrO3/c1-12(2)5-3-4-6-16(19)20-11-15(18)13-7-9-14(17)10-8-13/h7-10,12H,3-6,11H2,1-2H3. The molecule has 20 heavy (non-hydrogen) atoms. The van der Waals surface area contributed by atoms with E-state index in [1.54, 1.807) is 24.3 Å². The molecule has 0 saturated carbocycles. The topological polar surface area (TPSA) is 43.4 Å². The fourth-order valence-corrected chi connectivity index (χ4v) is 2.02. The number of Topliss-reactive ketones (excluding diaryl/α,β-unsaturated/α-hetero) is 1. The molecule has 0 aliphatic carbocycles. The van der Waals surface area contributed by atoms with Gasteiger partial charge < -0.3 is 4.74 Å². The van der Waals surface area contributed by atoms with Crippen molar-refractivity contribution in [3.05, 3.63) is 34.3 Å². The highest BCUT2D eigenvalue weighted by atomic mass is 79.9. The highest BCUT2D eigenvalue weighted by Gasteiger charge is 2.09. The van der Waals surface area contributed by atoms with Crippen LogP contribution in [0.5, 0.6) is 0 Å². The van der Waals surface area contributed by atoms with E-state index in [1.165, 1.54) is 0 Å². The molecule has 0 aromatic heterocycles. The maximum atomic E-state index is 11.8. The maximum absolute atomic E-state index is 11.8. The van der Waals surface area contributed by atoms with E-state index in [9.17, 15) is 9.59 Å². The van der Waals surface area contributed by atoms with Crippen LogP contribution < -0.4 is 0 Å². The molecule has 0 N–H and O–H groups in total. The van der Waals surface area contributed by atoms with E-state index in [4.69, 9.17) is 4.74 Å². The summed E-state index contributed by atoms with van der Waals surface area (Å²) >= 11 is 3.31. The summed E-state index contributed by atoms with van der Waals surface area (Å²) in [5.74, 6) is 0.192. The number of unbranched alkanes of at least 4 members (excludes halogenated alkanes) is 1. The Hall–Kier alpha value is -1.16. The van der Waals surface area contributed by atoms with Gasteiger partial charge in [-0.3, -0.25) is 9.59 Å². The van der Waals surface area contributed by atoms with Gasteiger partial charge in [-0.25, -0.2) is 0 Å². The van der Waals surface area contributed by atoms with Gasteiger partial charge in [-0.15, -0.1) is 0 Å². The maximum Gasteiger partial charge on any atom is 0.306 e. The molecule has 0 aliphatic rings. The first-order valence-electron chi connectivity index (χ1n) is 6.93. The Labute approximate surface area is 128 Å². The summed E-state index contributed by atoms with van der Waals surface area (Å²) in [5.41, 5.74) is 0.556. The van der Waals surface area contributed by atoms with E-state index in [1.807, 2.05) is 0 Å². The average Bonchev–Trinajstić information content (AvgIpc) is 2.41. The molecule has 1 aromatic rings. The van der Waals surface area contributed by atoms with Crippen molar-refractivity contribution in [3.63, 3.8) is 0 Å². The van der Waals surface area contributed by atoms with Crippen LogP contribution in [0.4, 0.5) is 0 Å². The summed E-state index contributed by atoms with van der Waals surface area (Å²) in [6, 6.07) is 7.01. The highest BCUT2D eigenvalue weighted by molar-refractivity contribution is 9.10. The Morgan fingerprint density at radius 1 is 1.15 bits per heavy atom. The molecule has 0 saturated heterocycles. The van der Waals surface area contributed by atoms with Crippen molar-refractivity contribution < 1.29 is 14.3 Å². The van der Waals surface area contributed by atoms with E-state index < -0.39 is 0 Å². The third-order valence-corrected chi connectivity index (χ3v) is 3.47. The Bertz CT molecular complexity index is 438. The van der Waals surface area contributed by atoms with Crippen molar-refractivity contribution in [2.24, 2.45) is 5.92 Å². The number of hydrogen-bond acceptors (Lipinski definition) is 3. The summed E-state index contributed by atoms with van der Waals surface area (Å²) in [6.45, 7) is 4.15. The van der Waals surface area contributed by atoms with Gasteiger partial charge in [0.15, 0.2) is 12.4 Å². The van der Waals surface area contributed by atoms with Gasteiger partial charge in [-0.2, -0.15) is 0 Å². The van der Waals surface area contributed by atoms with Crippen LogP contribution in [0.2, 0.25) is 0 Å². The molecule has 0 amide bonds. The minimum absolute atomic E-state index is 0.173. The van der Waals surface area contributed by atoms with Crippen molar-refractivity contribution in [2.45, 2.75) is 39.5 Å². The third kappa shape index (κ3) is 6.85. The van der Waals surface area contributed by atoms with Crippen LogP contribution in [0.3, 0.4) is 0 Å². The van der Waals surface area contributed by atoms with Gasteiger partial charge >= 0.3 is 5.97 Å². The molecule has 0 spiro atoms. The second-order valence-corrected chi connectivity index (χ2v) is 6.15. The van der Waals surface area contributed by atoms with Crippen LogP contribution >= 0.6 is 15.9 Å². The summed E-state index contributed by atoms with van der Waals surface area (Å²) in [7, 11) is 0. The SMILES string of the molecule is CC(C)CCCCC(=O)OCC(=O)c1ccc(Br)cc1. The molecule has 0 aliphatic heterocycles. The van der Waals surface area contributed by atoms with E-state index in [-0.39, 0.29) is 18.4 Å². The van der Waals surface area contributed by atoms with Gasteiger partial charge in [-0.1, -0.05) is 54.8 Å². The number of benzene rings is 1. The third-order valence-electron chi connectivity index (χ3n) is 2.94. The van der Waals surface area contributed by atoms with E-state index in [2.05, 4.69) is 29.8 Å². The highest BCUT2D eigenvalue weighted by Crippen LogP contribution is 2.11. The molecule has 3 nitrogen and oxygen atoms in total. The lowest BCUT2D eigenvalue weighted by atomic mass is 10.1. The van der Waals surface area contributed by atoms with Crippen molar-refractivity contribution >= 4 is 27.7 Å². The van der Waals surface area contributed by atoms with E-state index in [0.717, 1.165) is 23.7 Å². The quantitative estimate of drug-likeness (QED) is 0.400. The van der Waals surface area contributed by atoms with Crippen molar-refractivity contribution in [2.75, 3.05) is 6.61 Å². The lowest BCUT2D eigenvalue weighted by molar-refractivity contribution is -0.142.